The molecule has 0 aromatic heterocycles. The number of aryl methyl sites for hydroxylation is 1. The Labute approximate surface area is 147 Å². The van der Waals surface area contributed by atoms with Crippen molar-refractivity contribution in [3.05, 3.63) is 23.3 Å². The predicted molar refractivity (Wildman–Crippen MR) is 91.8 cm³/mol. The highest BCUT2D eigenvalue weighted by molar-refractivity contribution is 5.94. The molecule has 1 aliphatic heterocycles. The summed E-state index contributed by atoms with van der Waals surface area (Å²) in [6.45, 7) is 1.72. The third kappa shape index (κ3) is 5.37. The second-order valence-electron chi connectivity index (χ2n) is 6.78. The predicted octanol–water partition coefficient (Wildman–Crippen LogP) is 3.63. The summed E-state index contributed by atoms with van der Waals surface area (Å²) in [5, 5.41) is 29.1. The third-order valence-electron chi connectivity index (χ3n) is 4.72. The van der Waals surface area contributed by atoms with E-state index < -0.39 is 24.0 Å². The maximum atomic E-state index is 12.5. The lowest BCUT2D eigenvalue weighted by Crippen LogP contribution is -2.20. The second kappa shape index (κ2) is 8.74. The van der Waals surface area contributed by atoms with Gasteiger partial charge < -0.3 is 20.1 Å². The molecule has 3 N–H and O–H groups in total. The summed E-state index contributed by atoms with van der Waals surface area (Å²) in [5.74, 6) is -2.22. The van der Waals surface area contributed by atoms with Gasteiger partial charge in [0.05, 0.1) is 12.0 Å². The maximum absolute atomic E-state index is 12.5. The Morgan fingerprint density at radius 1 is 1.08 bits per heavy atom. The number of esters is 1. The van der Waals surface area contributed by atoms with Crippen molar-refractivity contribution in [1.82, 2.24) is 0 Å². The van der Waals surface area contributed by atoms with E-state index >= 15 is 0 Å². The summed E-state index contributed by atoms with van der Waals surface area (Å²) in [7, 11) is 0. The molecule has 2 rings (SSSR count). The van der Waals surface area contributed by atoms with E-state index in [1.807, 2.05) is 0 Å². The summed E-state index contributed by atoms with van der Waals surface area (Å²) in [4.78, 5) is 23.8. The van der Waals surface area contributed by atoms with Crippen molar-refractivity contribution < 1.29 is 29.6 Å². The molecule has 0 saturated carbocycles. The molecule has 0 amide bonds. The topological polar surface area (TPSA) is 104 Å². The van der Waals surface area contributed by atoms with Gasteiger partial charge in [0.1, 0.15) is 17.1 Å². The summed E-state index contributed by atoms with van der Waals surface area (Å²) >= 11 is 0. The molecule has 138 valence electrons. The van der Waals surface area contributed by atoms with Crippen molar-refractivity contribution in [3.63, 3.8) is 0 Å². The molecule has 0 aliphatic carbocycles. The monoisotopic (exact) mass is 350 g/mol. The number of carbonyl (C=O) groups is 2. The number of aliphatic carboxylic acids is 1. The zero-order valence-electron chi connectivity index (χ0n) is 14.5. The molecule has 6 heteroatoms. The molecule has 0 fully saturated rings. The van der Waals surface area contributed by atoms with Crippen LogP contribution < -0.4 is 0 Å². The Balaban J connectivity index is 2.21. The van der Waals surface area contributed by atoms with Gasteiger partial charge in [-0.1, -0.05) is 19.3 Å². The molecule has 0 saturated heterocycles. The van der Waals surface area contributed by atoms with E-state index in [0.29, 0.717) is 31.2 Å². The van der Waals surface area contributed by atoms with Gasteiger partial charge in [0.25, 0.3) is 0 Å². The van der Waals surface area contributed by atoms with Gasteiger partial charge in [-0.25, -0.2) is 4.79 Å². The van der Waals surface area contributed by atoms with E-state index in [-0.39, 0.29) is 17.1 Å². The van der Waals surface area contributed by atoms with E-state index in [1.165, 1.54) is 6.07 Å². The number of phenols is 2. The first-order chi connectivity index (χ1) is 11.9. The number of rotatable bonds is 1. The van der Waals surface area contributed by atoms with E-state index in [0.717, 1.165) is 31.7 Å². The fourth-order valence-electron chi connectivity index (χ4n) is 3.29. The first-order valence-electron chi connectivity index (χ1n) is 8.87. The average Bonchev–Trinajstić information content (AvgIpc) is 2.51. The molecule has 0 radical (unpaired) electrons. The number of ether oxygens (including phenoxy) is 1. The fraction of sp³-hybridized carbons (Fsp3) is 0.579. The molecular weight excluding hydrogens is 324 g/mol. The van der Waals surface area contributed by atoms with Crippen molar-refractivity contribution in [1.29, 1.82) is 0 Å². The van der Waals surface area contributed by atoms with Gasteiger partial charge in [0.2, 0.25) is 0 Å². The van der Waals surface area contributed by atoms with E-state index in [9.17, 15) is 24.9 Å². The molecule has 1 aromatic rings. The highest BCUT2D eigenvalue weighted by atomic mass is 16.5. The SMILES string of the molecule is CC1CCC(C(=O)O)CCCCCCc2cc(O)cc(O)c2C(=O)O1. The summed E-state index contributed by atoms with van der Waals surface area (Å²) in [5.41, 5.74) is 0.673. The van der Waals surface area contributed by atoms with Crippen LogP contribution in [0.3, 0.4) is 0 Å². The molecule has 1 aromatic carbocycles. The van der Waals surface area contributed by atoms with Crippen LogP contribution in [0.15, 0.2) is 12.1 Å². The van der Waals surface area contributed by atoms with Gasteiger partial charge in [0.15, 0.2) is 0 Å². The minimum absolute atomic E-state index is 0.0810. The molecule has 2 atom stereocenters. The number of carboxylic acid groups (broad SMARTS) is 1. The standard InChI is InChI=1S/C19H26O6/c1-12-8-9-13(18(22)23)6-4-2-3-5-7-14-10-15(20)11-16(21)17(14)19(24)25-12/h10-13,20-21H,2-9H2,1H3,(H,22,23). The normalized spacial score (nSPS) is 23.2. The largest absolute Gasteiger partial charge is 0.508 e. The molecule has 6 nitrogen and oxygen atoms in total. The van der Waals surface area contributed by atoms with Gasteiger partial charge in [-0.2, -0.15) is 0 Å². The van der Waals surface area contributed by atoms with Crippen LogP contribution in [0, 0.1) is 5.92 Å². The van der Waals surface area contributed by atoms with Gasteiger partial charge in [-0.05, 0) is 50.7 Å². The number of cyclic esters (lactones) is 1. The van der Waals surface area contributed by atoms with Crippen molar-refractivity contribution in [2.75, 3.05) is 0 Å². The fourth-order valence-corrected chi connectivity index (χ4v) is 3.29. The first kappa shape index (κ1) is 19.1. The highest BCUT2D eigenvalue weighted by Gasteiger charge is 2.23. The van der Waals surface area contributed by atoms with Gasteiger partial charge in [0, 0.05) is 6.07 Å². The molecule has 25 heavy (non-hydrogen) atoms. The van der Waals surface area contributed by atoms with Crippen LogP contribution in [0.25, 0.3) is 0 Å². The average molecular weight is 350 g/mol. The van der Waals surface area contributed by atoms with Crippen LogP contribution in [0.2, 0.25) is 0 Å². The Morgan fingerprint density at radius 3 is 2.52 bits per heavy atom. The van der Waals surface area contributed by atoms with Crippen LogP contribution in [0.4, 0.5) is 0 Å². The van der Waals surface area contributed by atoms with E-state index in [2.05, 4.69) is 0 Å². The van der Waals surface area contributed by atoms with Crippen LogP contribution >= 0.6 is 0 Å². The number of carboxylic acids is 1. The summed E-state index contributed by atoms with van der Waals surface area (Å²) in [6, 6.07) is 2.63. The molecule has 0 spiro atoms. The quantitative estimate of drug-likeness (QED) is 0.668. The second-order valence-corrected chi connectivity index (χ2v) is 6.78. The number of aromatic hydroxyl groups is 2. The first-order valence-corrected chi connectivity index (χ1v) is 8.87. The third-order valence-corrected chi connectivity index (χ3v) is 4.72. The van der Waals surface area contributed by atoms with Crippen molar-refractivity contribution in [2.24, 2.45) is 5.92 Å². The lowest BCUT2D eigenvalue weighted by Gasteiger charge is -2.19. The van der Waals surface area contributed by atoms with Gasteiger partial charge >= 0.3 is 11.9 Å². The summed E-state index contributed by atoms with van der Waals surface area (Å²) < 4.78 is 5.40. The van der Waals surface area contributed by atoms with Crippen molar-refractivity contribution >= 4 is 11.9 Å². The number of fused-ring (bicyclic) bond motifs is 1. The lowest BCUT2D eigenvalue weighted by molar-refractivity contribution is -0.142. The van der Waals surface area contributed by atoms with Gasteiger partial charge in [-0.3, -0.25) is 4.79 Å². The van der Waals surface area contributed by atoms with E-state index in [1.54, 1.807) is 6.92 Å². The Bertz CT molecular complexity index is 625. The van der Waals surface area contributed by atoms with Crippen LogP contribution in [0.5, 0.6) is 11.5 Å². The number of benzene rings is 1. The smallest absolute Gasteiger partial charge is 0.342 e. The van der Waals surface area contributed by atoms with E-state index in [4.69, 9.17) is 4.74 Å². The number of hydrogen-bond donors (Lipinski definition) is 3. The molecule has 2 unspecified atom stereocenters. The van der Waals surface area contributed by atoms with Crippen LogP contribution in [-0.2, 0) is 16.0 Å². The maximum Gasteiger partial charge on any atom is 0.342 e. The Hall–Kier alpha value is -2.24. The minimum Gasteiger partial charge on any atom is -0.508 e. The molecular formula is C19H26O6. The number of carbonyl (C=O) groups excluding carboxylic acids is 1. The van der Waals surface area contributed by atoms with Crippen LogP contribution in [0.1, 0.15) is 67.8 Å². The summed E-state index contributed by atoms with van der Waals surface area (Å²) in [6.07, 6.45) is 5.10. The van der Waals surface area contributed by atoms with Crippen molar-refractivity contribution in [2.45, 2.75) is 64.4 Å². The highest BCUT2D eigenvalue weighted by Crippen LogP contribution is 2.30. The molecule has 1 heterocycles. The minimum atomic E-state index is -0.802. The van der Waals surface area contributed by atoms with Crippen molar-refractivity contribution in [3.8, 4) is 11.5 Å². The zero-order valence-corrected chi connectivity index (χ0v) is 14.5. The van der Waals surface area contributed by atoms with Gasteiger partial charge in [-0.15, -0.1) is 0 Å². The number of phenolic OH excluding ortho intramolecular Hbond substituents is 2. The molecule has 0 bridgehead atoms. The Morgan fingerprint density at radius 2 is 1.80 bits per heavy atom. The Kier molecular flexibility index (Phi) is 6.67. The lowest BCUT2D eigenvalue weighted by atomic mass is 9.93. The zero-order chi connectivity index (χ0) is 18.4. The number of hydrogen-bond acceptors (Lipinski definition) is 5. The molecule has 1 aliphatic rings. The van der Waals surface area contributed by atoms with Crippen LogP contribution in [-0.4, -0.2) is 33.4 Å².